The molecule has 1 aromatic carbocycles. The zero-order valence-corrected chi connectivity index (χ0v) is 17.0. The Morgan fingerprint density at radius 3 is 2.44 bits per heavy atom. The summed E-state index contributed by atoms with van der Waals surface area (Å²) < 4.78 is 42.3. The first-order valence-corrected chi connectivity index (χ1v) is 10.2. The highest BCUT2D eigenvalue weighted by molar-refractivity contribution is 5.46. The number of benzene rings is 1. The van der Waals surface area contributed by atoms with Crippen LogP contribution in [0.4, 0.5) is 18.9 Å². The van der Waals surface area contributed by atoms with Crippen LogP contribution < -0.4 is 4.90 Å². The number of aliphatic hydroxyl groups excluding tert-OH is 1. The summed E-state index contributed by atoms with van der Waals surface area (Å²) in [5, 5.41) is 19.8. The van der Waals surface area contributed by atoms with Gasteiger partial charge in [-0.15, -0.1) is 5.10 Å². The highest BCUT2D eigenvalue weighted by Gasteiger charge is 2.32. The maximum absolute atomic E-state index is 14.5. The van der Waals surface area contributed by atoms with Gasteiger partial charge in [-0.1, -0.05) is 11.8 Å². The Bertz CT molecular complexity index is 1060. The van der Waals surface area contributed by atoms with Crippen molar-refractivity contribution < 1.29 is 18.3 Å². The van der Waals surface area contributed by atoms with Crippen molar-refractivity contribution in [2.45, 2.75) is 31.4 Å². The fourth-order valence-corrected chi connectivity index (χ4v) is 3.51. The molecule has 10 heteroatoms. The summed E-state index contributed by atoms with van der Waals surface area (Å²) >= 11 is 0. The van der Waals surface area contributed by atoms with E-state index in [1.54, 1.807) is 18.2 Å². The van der Waals surface area contributed by atoms with Crippen molar-refractivity contribution in [1.82, 2.24) is 25.2 Å². The van der Waals surface area contributed by atoms with Crippen LogP contribution in [0.1, 0.15) is 36.6 Å². The molecule has 0 saturated carbocycles. The number of hydrogen-bond acceptors (Lipinski definition) is 6. The molecule has 2 aromatic heterocycles. The van der Waals surface area contributed by atoms with Crippen LogP contribution in [0.3, 0.4) is 0 Å². The quantitative estimate of drug-likeness (QED) is 0.612. The number of piperidine rings is 1. The predicted octanol–water partition coefficient (Wildman–Crippen LogP) is 3.02. The molecular weight excluding hydrogens is 421 g/mol. The van der Waals surface area contributed by atoms with E-state index in [0.717, 1.165) is 37.9 Å². The van der Waals surface area contributed by atoms with Gasteiger partial charge in [0.25, 0.3) is 0 Å². The summed E-state index contributed by atoms with van der Waals surface area (Å²) in [6, 6.07) is 9.43. The van der Waals surface area contributed by atoms with E-state index < -0.39 is 18.6 Å². The third-order valence-corrected chi connectivity index (χ3v) is 5.38. The fourth-order valence-electron chi connectivity index (χ4n) is 3.51. The van der Waals surface area contributed by atoms with Gasteiger partial charge in [-0.2, -0.15) is 4.68 Å². The largest absolute Gasteiger partial charge is 0.385 e. The molecule has 7 nitrogen and oxygen atoms in total. The van der Waals surface area contributed by atoms with E-state index in [-0.39, 0.29) is 17.4 Å². The average molecular weight is 442 g/mol. The summed E-state index contributed by atoms with van der Waals surface area (Å²) in [7, 11) is 0. The highest BCUT2D eigenvalue weighted by Crippen LogP contribution is 2.28. The van der Waals surface area contributed by atoms with Crippen LogP contribution in [0.15, 0.2) is 48.9 Å². The first-order chi connectivity index (χ1) is 15.5. The highest BCUT2D eigenvalue weighted by atomic mass is 19.2. The molecule has 3 unspecified atom stereocenters. The van der Waals surface area contributed by atoms with E-state index in [0.29, 0.717) is 10.2 Å². The number of nitrogens with zero attached hydrogens (tertiary/aromatic N) is 6. The second-order valence-electron chi connectivity index (χ2n) is 7.53. The van der Waals surface area contributed by atoms with Crippen molar-refractivity contribution in [3.63, 3.8) is 0 Å². The number of aliphatic hydroxyl groups is 1. The van der Waals surface area contributed by atoms with Crippen LogP contribution >= 0.6 is 0 Å². The summed E-state index contributed by atoms with van der Waals surface area (Å²) in [6.07, 6.45) is -2.08. The van der Waals surface area contributed by atoms with Crippen LogP contribution in [0.25, 0.3) is 0 Å². The van der Waals surface area contributed by atoms with E-state index in [1.165, 1.54) is 24.4 Å². The van der Waals surface area contributed by atoms with Crippen molar-refractivity contribution in [3.8, 4) is 11.8 Å². The van der Waals surface area contributed by atoms with Gasteiger partial charge in [-0.05, 0) is 59.7 Å². The first-order valence-electron chi connectivity index (χ1n) is 10.2. The molecule has 3 atom stereocenters. The summed E-state index contributed by atoms with van der Waals surface area (Å²) in [5.41, 5.74) is 1.50. The Kier molecular flexibility index (Phi) is 6.66. The van der Waals surface area contributed by atoms with Crippen molar-refractivity contribution >= 4 is 5.69 Å². The third kappa shape index (κ3) is 5.06. The lowest BCUT2D eigenvalue weighted by molar-refractivity contribution is -0.0294. The van der Waals surface area contributed by atoms with E-state index in [1.807, 2.05) is 0 Å². The maximum Gasteiger partial charge on any atom is 0.224 e. The van der Waals surface area contributed by atoms with Crippen LogP contribution in [0.5, 0.6) is 0 Å². The fraction of sp³-hybridized carbons (Fsp3) is 0.364. The molecule has 1 aliphatic rings. The Morgan fingerprint density at radius 1 is 1.06 bits per heavy atom. The molecule has 32 heavy (non-hydrogen) atoms. The van der Waals surface area contributed by atoms with E-state index in [4.69, 9.17) is 0 Å². The zero-order valence-electron chi connectivity index (χ0n) is 17.0. The standard InChI is InChI=1S/C22H21F3N6O/c23-17-4-6-18(7-5-17)30-11-9-15(10-12-30)1-2-16-3-8-19(26-13-16)20(24)21(32)22(25)31-14-27-28-29-31/h3-8,13-15,20-22,32H,9-12H2. The smallest absolute Gasteiger partial charge is 0.224 e. The maximum atomic E-state index is 14.5. The van der Waals surface area contributed by atoms with Crippen molar-refractivity contribution in [2.24, 2.45) is 5.92 Å². The summed E-state index contributed by atoms with van der Waals surface area (Å²) in [6.45, 7) is 1.66. The summed E-state index contributed by atoms with van der Waals surface area (Å²) in [5.74, 6) is 6.23. The molecule has 3 aromatic rings. The van der Waals surface area contributed by atoms with Crippen LogP contribution in [-0.2, 0) is 0 Å². The van der Waals surface area contributed by atoms with Gasteiger partial charge in [0.05, 0.1) is 5.69 Å². The topological polar surface area (TPSA) is 80.0 Å². The second kappa shape index (κ2) is 9.78. The van der Waals surface area contributed by atoms with Crippen LogP contribution in [0.2, 0.25) is 0 Å². The molecule has 0 spiro atoms. The van der Waals surface area contributed by atoms with Gasteiger partial charge in [-0.25, -0.2) is 13.2 Å². The molecule has 0 aliphatic carbocycles. The van der Waals surface area contributed by atoms with Gasteiger partial charge in [0.2, 0.25) is 6.30 Å². The molecule has 1 N–H and O–H groups in total. The second-order valence-corrected chi connectivity index (χ2v) is 7.53. The number of pyridine rings is 1. The van der Waals surface area contributed by atoms with Gasteiger partial charge in [0.1, 0.15) is 18.2 Å². The monoisotopic (exact) mass is 442 g/mol. The molecule has 0 radical (unpaired) electrons. The molecule has 0 bridgehead atoms. The van der Waals surface area contributed by atoms with Gasteiger partial charge in [0.15, 0.2) is 6.17 Å². The molecule has 3 heterocycles. The number of rotatable bonds is 5. The first kappa shape index (κ1) is 21.8. The molecule has 0 amide bonds. The van der Waals surface area contributed by atoms with Gasteiger partial charge < -0.3 is 10.0 Å². The lowest BCUT2D eigenvalue weighted by atomic mass is 9.96. The van der Waals surface area contributed by atoms with Gasteiger partial charge in [0, 0.05) is 36.5 Å². The SMILES string of the molecule is OC(C(F)c1ccc(C#CC2CCN(c3ccc(F)cc3)CC2)cn1)C(F)n1cnnn1. The number of alkyl halides is 2. The molecule has 1 fully saturated rings. The van der Waals surface area contributed by atoms with Crippen LogP contribution in [-0.4, -0.2) is 49.5 Å². The Hall–Kier alpha value is -3.45. The lowest BCUT2D eigenvalue weighted by Crippen LogP contribution is -2.33. The zero-order chi connectivity index (χ0) is 22.5. The normalized spacial score (nSPS) is 17.3. The van der Waals surface area contributed by atoms with Gasteiger partial charge in [-0.3, -0.25) is 4.98 Å². The molecule has 1 aliphatic heterocycles. The molecule has 1 saturated heterocycles. The molecule has 4 rings (SSSR count). The minimum atomic E-state index is -2.14. The average Bonchev–Trinajstić information content (AvgIpc) is 3.38. The number of hydrogen-bond donors (Lipinski definition) is 1. The number of aromatic nitrogens is 5. The van der Waals surface area contributed by atoms with E-state index in [2.05, 4.69) is 37.3 Å². The Balaban J connectivity index is 1.32. The van der Waals surface area contributed by atoms with Crippen molar-refractivity contribution in [3.05, 3.63) is 66.0 Å². The van der Waals surface area contributed by atoms with E-state index >= 15 is 0 Å². The van der Waals surface area contributed by atoms with Crippen LogP contribution in [0, 0.1) is 23.6 Å². The lowest BCUT2D eigenvalue weighted by Gasteiger charge is -2.31. The Morgan fingerprint density at radius 2 is 1.81 bits per heavy atom. The Labute approximate surface area is 182 Å². The third-order valence-electron chi connectivity index (χ3n) is 5.38. The minimum Gasteiger partial charge on any atom is -0.385 e. The molecule has 166 valence electrons. The summed E-state index contributed by atoms with van der Waals surface area (Å²) in [4.78, 5) is 6.18. The minimum absolute atomic E-state index is 0.105. The molecular formula is C22H21F3N6O. The van der Waals surface area contributed by atoms with E-state index in [9.17, 15) is 18.3 Å². The van der Waals surface area contributed by atoms with Crippen molar-refractivity contribution in [1.29, 1.82) is 0 Å². The number of anilines is 1. The van der Waals surface area contributed by atoms with Crippen molar-refractivity contribution in [2.75, 3.05) is 18.0 Å². The van der Waals surface area contributed by atoms with Gasteiger partial charge >= 0.3 is 0 Å². The predicted molar refractivity (Wildman–Crippen MR) is 110 cm³/mol. The number of tetrazole rings is 1. The number of halogens is 3.